The summed E-state index contributed by atoms with van der Waals surface area (Å²) >= 11 is 0. The van der Waals surface area contributed by atoms with E-state index in [2.05, 4.69) is 22.8 Å². The SMILES string of the molecule is CCc1ccnn1C1CCCC1. The van der Waals surface area contributed by atoms with E-state index in [0.717, 1.165) is 6.42 Å². The van der Waals surface area contributed by atoms with Crippen molar-refractivity contribution in [3.8, 4) is 0 Å². The lowest BCUT2D eigenvalue weighted by molar-refractivity contribution is 0.451. The highest BCUT2D eigenvalue weighted by Gasteiger charge is 2.18. The summed E-state index contributed by atoms with van der Waals surface area (Å²) in [7, 11) is 0. The summed E-state index contributed by atoms with van der Waals surface area (Å²) in [4.78, 5) is 0. The molecule has 66 valence electrons. The van der Waals surface area contributed by atoms with E-state index in [-0.39, 0.29) is 0 Å². The van der Waals surface area contributed by atoms with Crippen molar-refractivity contribution in [1.82, 2.24) is 9.78 Å². The lowest BCUT2D eigenvalue weighted by Crippen LogP contribution is -2.09. The number of rotatable bonds is 2. The van der Waals surface area contributed by atoms with E-state index >= 15 is 0 Å². The van der Waals surface area contributed by atoms with Crippen molar-refractivity contribution in [3.63, 3.8) is 0 Å². The van der Waals surface area contributed by atoms with Crippen molar-refractivity contribution >= 4 is 0 Å². The van der Waals surface area contributed by atoms with E-state index in [0.29, 0.717) is 6.04 Å². The Morgan fingerprint density at radius 2 is 2.25 bits per heavy atom. The average Bonchev–Trinajstić information content (AvgIpc) is 2.74. The average molecular weight is 164 g/mol. The number of aryl methyl sites for hydroxylation is 1. The quantitative estimate of drug-likeness (QED) is 0.657. The van der Waals surface area contributed by atoms with Crippen LogP contribution in [0, 0.1) is 0 Å². The zero-order valence-electron chi connectivity index (χ0n) is 7.66. The molecule has 0 radical (unpaired) electrons. The lowest BCUT2D eigenvalue weighted by Gasteiger charge is -2.12. The first-order valence-electron chi connectivity index (χ1n) is 4.94. The Morgan fingerprint density at radius 1 is 1.50 bits per heavy atom. The zero-order valence-corrected chi connectivity index (χ0v) is 7.66. The highest BCUT2D eigenvalue weighted by Crippen LogP contribution is 2.29. The molecule has 0 unspecified atom stereocenters. The van der Waals surface area contributed by atoms with Gasteiger partial charge in [-0.15, -0.1) is 0 Å². The van der Waals surface area contributed by atoms with Crippen LogP contribution in [-0.4, -0.2) is 9.78 Å². The Morgan fingerprint density at radius 3 is 2.92 bits per heavy atom. The minimum Gasteiger partial charge on any atom is -0.267 e. The maximum absolute atomic E-state index is 4.39. The van der Waals surface area contributed by atoms with Crippen molar-refractivity contribution in [2.75, 3.05) is 0 Å². The molecule has 2 rings (SSSR count). The Hall–Kier alpha value is -0.790. The molecule has 0 aliphatic heterocycles. The second-order valence-electron chi connectivity index (χ2n) is 3.56. The minimum absolute atomic E-state index is 0.704. The summed E-state index contributed by atoms with van der Waals surface area (Å²) in [5, 5.41) is 4.39. The topological polar surface area (TPSA) is 17.8 Å². The summed E-state index contributed by atoms with van der Waals surface area (Å²) in [5.41, 5.74) is 1.39. The van der Waals surface area contributed by atoms with Gasteiger partial charge >= 0.3 is 0 Å². The van der Waals surface area contributed by atoms with Crippen LogP contribution in [0.1, 0.15) is 44.3 Å². The number of aromatic nitrogens is 2. The van der Waals surface area contributed by atoms with Gasteiger partial charge in [0.25, 0.3) is 0 Å². The van der Waals surface area contributed by atoms with Gasteiger partial charge in [0.2, 0.25) is 0 Å². The van der Waals surface area contributed by atoms with Crippen LogP contribution < -0.4 is 0 Å². The first-order chi connectivity index (χ1) is 5.92. The van der Waals surface area contributed by atoms with E-state index in [1.807, 2.05) is 6.20 Å². The van der Waals surface area contributed by atoms with Gasteiger partial charge in [-0.2, -0.15) is 5.10 Å². The van der Waals surface area contributed by atoms with Gasteiger partial charge in [-0.05, 0) is 25.3 Å². The van der Waals surface area contributed by atoms with Crippen LogP contribution in [0.5, 0.6) is 0 Å². The molecular formula is C10H16N2. The molecule has 0 bridgehead atoms. The molecule has 2 nitrogen and oxygen atoms in total. The van der Waals surface area contributed by atoms with Crippen LogP contribution in [0.2, 0.25) is 0 Å². The maximum atomic E-state index is 4.39. The third-order valence-corrected chi connectivity index (χ3v) is 2.79. The molecule has 0 spiro atoms. The Kier molecular flexibility index (Phi) is 2.15. The molecule has 1 fully saturated rings. The predicted molar refractivity (Wildman–Crippen MR) is 49.1 cm³/mol. The Balaban J connectivity index is 2.19. The molecule has 12 heavy (non-hydrogen) atoms. The molecule has 0 atom stereocenters. The van der Waals surface area contributed by atoms with Crippen molar-refractivity contribution in [2.24, 2.45) is 0 Å². The van der Waals surface area contributed by atoms with Gasteiger partial charge in [-0.1, -0.05) is 19.8 Å². The van der Waals surface area contributed by atoms with Crippen LogP contribution in [0.4, 0.5) is 0 Å². The van der Waals surface area contributed by atoms with Crippen molar-refractivity contribution in [3.05, 3.63) is 18.0 Å². The first-order valence-corrected chi connectivity index (χ1v) is 4.94. The molecular weight excluding hydrogens is 148 g/mol. The summed E-state index contributed by atoms with van der Waals surface area (Å²) in [5.74, 6) is 0. The van der Waals surface area contributed by atoms with Crippen molar-refractivity contribution in [1.29, 1.82) is 0 Å². The fraction of sp³-hybridized carbons (Fsp3) is 0.700. The van der Waals surface area contributed by atoms with Crippen molar-refractivity contribution < 1.29 is 0 Å². The van der Waals surface area contributed by atoms with Crippen LogP contribution in [-0.2, 0) is 6.42 Å². The number of hydrogen-bond acceptors (Lipinski definition) is 1. The number of nitrogens with zero attached hydrogens (tertiary/aromatic N) is 2. The van der Waals surface area contributed by atoms with Crippen LogP contribution in [0.15, 0.2) is 12.3 Å². The normalized spacial score (nSPS) is 18.8. The smallest absolute Gasteiger partial charge is 0.0522 e. The van der Waals surface area contributed by atoms with Crippen LogP contribution >= 0.6 is 0 Å². The van der Waals surface area contributed by atoms with Crippen LogP contribution in [0.25, 0.3) is 0 Å². The van der Waals surface area contributed by atoms with E-state index in [9.17, 15) is 0 Å². The summed E-state index contributed by atoms with van der Waals surface area (Å²) in [6, 6.07) is 2.84. The molecule has 1 aromatic rings. The molecule has 0 saturated heterocycles. The molecule has 1 heterocycles. The lowest BCUT2D eigenvalue weighted by atomic mass is 10.2. The maximum Gasteiger partial charge on any atom is 0.0522 e. The fourth-order valence-corrected chi connectivity index (χ4v) is 2.10. The summed E-state index contributed by atoms with van der Waals surface area (Å²) < 4.78 is 2.23. The Labute approximate surface area is 73.6 Å². The fourth-order valence-electron chi connectivity index (χ4n) is 2.10. The highest BCUT2D eigenvalue weighted by molar-refractivity contribution is 5.01. The van der Waals surface area contributed by atoms with E-state index < -0.39 is 0 Å². The minimum atomic E-state index is 0.704. The van der Waals surface area contributed by atoms with E-state index in [1.54, 1.807) is 0 Å². The van der Waals surface area contributed by atoms with Gasteiger partial charge in [0.15, 0.2) is 0 Å². The summed E-state index contributed by atoms with van der Waals surface area (Å²) in [6.45, 7) is 2.20. The monoisotopic (exact) mass is 164 g/mol. The molecule has 0 amide bonds. The van der Waals surface area contributed by atoms with Crippen LogP contribution in [0.3, 0.4) is 0 Å². The molecule has 2 heteroatoms. The van der Waals surface area contributed by atoms with Gasteiger partial charge in [0.1, 0.15) is 0 Å². The second-order valence-corrected chi connectivity index (χ2v) is 3.56. The summed E-state index contributed by atoms with van der Waals surface area (Å²) in [6.07, 6.45) is 8.46. The largest absolute Gasteiger partial charge is 0.267 e. The molecule has 1 saturated carbocycles. The van der Waals surface area contributed by atoms with Crippen molar-refractivity contribution in [2.45, 2.75) is 45.1 Å². The van der Waals surface area contributed by atoms with Gasteiger partial charge in [0, 0.05) is 11.9 Å². The third kappa shape index (κ3) is 1.26. The standard InChI is InChI=1S/C10H16N2/c1-2-9-7-8-11-12(9)10-5-3-4-6-10/h7-8,10H,2-6H2,1H3. The van der Waals surface area contributed by atoms with E-state index in [1.165, 1.54) is 31.4 Å². The molecule has 0 N–H and O–H groups in total. The molecule has 1 aliphatic carbocycles. The molecule has 0 aromatic carbocycles. The number of hydrogen-bond donors (Lipinski definition) is 0. The molecule has 1 aliphatic rings. The predicted octanol–water partition coefficient (Wildman–Crippen LogP) is 2.56. The van der Waals surface area contributed by atoms with Gasteiger partial charge in [0.05, 0.1) is 6.04 Å². The zero-order chi connectivity index (χ0) is 8.39. The highest BCUT2D eigenvalue weighted by atomic mass is 15.3. The third-order valence-electron chi connectivity index (χ3n) is 2.79. The Bertz CT molecular complexity index is 246. The first kappa shape index (κ1) is 7.84. The van der Waals surface area contributed by atoms with Gasteiger partial charge in [-0.3, -0.25) is 4.68 Å². The molecule has 1 aromatic heterocycles. The second kappa shape index (κ2) is 3.30. The van der Waals surface area contributed by atoms with E-state index in [4.69, 9.17) is 0 Å². The van der Waals surface area contributed by atoms with Gasteiger partial charge < -0.3 is 0 Å². The van der Waals surface area contributed by atoms with Gasteiger partial charge in [-0.25, -0.2) is 0 Å².